The molecule has 0 aliphatic rings. The number of phenolic OH excluding ortho intramolecular Hbond substituents is 1. The number of fused-ring (bicyclic) bond motifs is 1. The van der Waals surface area contributed by atoms with Gasteiger partial charge >= 0.3 is 0 Å². The second kappa shape index (κ2) is 4.34. The molecule has 0 spiro atoms. The minimum absolute atomic E-state index is 0.177. The van der Waals surface area contributed by atoms with E-state index in [1.54, 1.807) is 6.07 Å². The molecule has 0 fully saturated rings. The molecule has 1 nitrogen and oxygen atoms in total. The van der Waals surface area contributed by atoms with E-state index in [2.05, 4.69) is 19.9 Å². The van der Waals surface area contributed by atoms with Gasteiger partial charge in [0.05, 0.1) is 5.02 Å². The van der Waals surface area contributed by atoms with Gasteiger partial charge in [0.15, 0.2) is 0 Å². The van der Waals surface area contributed by atoms with E-state index in [0.717, 1.165) is 22.8 Å². The SMILES string of the molecule is CCC(C)c1c(Cl)c(O)cc2ccccc12. The van der Waals surface area contributed by atoms with Gasteiger partial charge in [-0.3, -0.25) is 0 Å². The molecule has 1 N–H and O–H groups in total. The van der Waals surface area contributed by atoms with Crippen LogP contribution in [0.5, 0.6) is 5.75 Å². The van der Waals surface area contributed by atoms with E-state index in [4.69, 9.17) is 11.6 Å². The van der Waals surface area contributed by atoms with Crippen LogP contribution in [0, 0.1) is 0 Å². The van der Waals surface area contributed by atoms with Crippen molar-refractivity contribution in [3.8, 4) is 5.75 Å². The normalized spacial score (nSPS) is 12.9. The Hall–Kier alpha value is -1.21. The number of benzene rings is 2. The maximum atomic E-state index is 9.81. The van der Waals surface area contributed by atoms with Crippen molar-refractivity contribution in [1.82, 2.24) is 0 Å². The van der Waals surface area contributed by atoms with Gasteiger partial charge in [0.25, 0.3) is 0 Å². The zero-order valence-electron chi connectivity index (χ0n) is 9.50. The molecule has 16 heavy (non-hydrogen) atoms. The standard InChI is InChI=1S/C14H15ClO/c1-3-9(2)13-11-7-5-4-6-10(11)8-12(16)14(13)15/h4-9,16H,3H2,1-2H3. The third kappa shape index (κ3) is 1.76. The molecule has 2 heteroatoms. The lowest BCUT2D eigenvalue weighted by molar-refractivity contribution is 0.475. The molecule has 0 aliphatic carbocycles. The molecule has 0 radical (unpaired) electrons. The second-order valence-electron chi connectivity index (χ2n) is 4.15. The Balaban J connectivity index is 2.81. The molecule has 2 aromatic carbocycles. The fourth-order valence-corrected chi connectivity index (χ4v) is 2.36. The minimum Gasteiger partial charge on any atom is -0.506 e. The van der Waals surface area contributed by atoms with Crippen molar-refractivity contribution in [2.24, 2.45) is 0 Å². The predicted octanol–water partition coefficient (Wildman–Crippen LogP) is 4.71. The van der Waals surface area contributed by atoms with Gasteiger partial charge in [-0.05, 0) is 34.7 Å². The molecular formula is C14H15ClO. The van der Waals surface area contributed by atoms with Crippen molar-refractivity contribution in [3.05, 3.63) is 40.9 Å². The molecule has 0 bridgehead atoms. The van der Waals surface area contributed by atoms with Crippen LogP contribution in [-0.4, -0.2) is 5.11 Å². The Morgan fingerprint density at radius 2 is 2.00 bits per heavy atom. The predicted molar refractivity (Wildman–Crippen MR) is 69.3 cm³/mol. The topological polar surface area (TPSA) is 20.2 Å². The molecule has 1 unspecified atom stereocenters. The Labute approximate surface area is 101 Å². The van der Waals surface area contributed by atoms with Crippen molar-refractivity contribution in [3.63, 3.8) is 0 Å². The third-order valence-corrected chi connectivity index (χ3v) is 3.51. The number of rotatable bonds is 2. The van der Waals surface area contributed by atoms with E-state index in [0.29, 0.717) is 10.9 Å². The summed E-state index contributed by atoms with van der Waals surface area (Å²) in [5.74, 6) is 0.528. The quantitative estimate of drug-likeness (QED) is 0.798. The van der Waals surface area contributed by atoms with Crippen LogP contribution in [0.15, 0.2) is 30.3 Å². The van der Waals surface area contributed by atoms with Crippen LogP contribution < -0.4 is 0 Å². The van der Waals surface area contributed by atoms with Crippen molar-refractivity contribution in [1.29, 1.82) is 0 Å². The summed E-state index contributed by atoms with van der Waals surface area (Å²) < 4.78 is 0. The maximum Gasteiger partial charge on any atom is 0.135 e. The molecule has 0 saturated carbocycles. The average molecular weight is 235 g/mol. The highest BCUT2D eigenvalue weighted by molar-refractivity contribution is 6.34. The average Bonchev–Trinajstić information content (AvgIpc) is 2.30. The lowest BCUT2D eigenvalue weighted by Gasteiger charge is -2.15. The minimum atomic E-state index is 0.177. The van der Waals surface area contributed by atoms with Crippen molar-refractivity contribution >= 4 is 22.4 Å². The number of phenols is 1. The van der Waals surface area contributed by atoms with Crippen LogP contribution in [0.4, 0.5) is 0 Å². The fraction of sp³-hybridized carbons (Fsp3) is 0.286. The smallest absolute Gasteiger partial charge is 0.135 e. The molecule has 2 aromatic rings. The zero-order chi connectivity index (χ0) is 11.7. The molecule has 0 aliphatic heterocycles. The van der Waals surface area contributed by atoms with Crippen molar-refractivity contribution in [2.45, 2.75) is 26.2 Å². The molecular weight excluding hydrogens is 220 g/mol. The molecule has 1 atom stereocenters. The largest absolute Gasteiger partial charge is 0.506 e. The number of hydrogen-bond donors (Lipinski definition) is 1. The second-order valence-corrected chi connectivity index (χ2v) is 4.53. The van der Waals surface area contributed by atoms with E-state index in [1.807, 2.05) is 18.2 Å². The first kappa shape index (κ1) is 11.3. The van der Waals surface area contributed by atoms with Gasteiger partial charge in [0, 0.05) is 0 Å². The van der Waals surface area contributed by atoms with Gasteiger partial charge in [-0.25, -0.2) is 0 Å². The molecule has 0 saturated heterocycles. The van der Waals surface area contributed by atoms with Crippen LogP contribution >= 0.6 is 11.6 Å². The summed E-state index contributed by atoms with van der Waals surface area (Å²) >= 11 is 6.20. The Kier molecular flexibility index (Phi) is 3.06. The third-order valence-electron chi connectivity index (χ3n) is 3.11. The van der Waals surface area contributed by atoms with Gasteiger partial charge < -0.3 is 5.11 Å². The first-order valence-corrected chi connectivity index (χ1v) is 5.93. The van der Waals surface area contributed by atoms with E-state index in [9.17, 15) is 5.11 Å². The van der Waals surface area contributed by atoms with Gasteiger partial charge in [-0.2, -0.15) is 0 Å². The summed E-state index contributed by atoms with van der Waals surface area (Å²) in [6.45, 7) is 4.26. The number of aromatic hydroxyl groups is 1. The molecule has 84 valence electrons. The van der Waals surface area contributed by atoms with Crippen LogP contribution in [0.25, 0.3) is 10.8 Å². The summed E-state index contributed by atoms with van der Waals surface area (Å²) in [7, 11) is 0. The summed E-state index contributed by atoms with van der Waals surface area (Å²) in [5.41, 5.74) is 1.06. The Morgan fingerprint density at radius 1 is 1.31 bits per heavy atom. The Morgan fingerprint density at radius 3 is 2.69 bits per heavy atom. The summed E-state index contributed by atoms with van der Waals surface area (Å²) in [6.07, 6.45) is 1.01. The van der Waals surface area contributed by atoms with Crippen molar-refractivity contribution < 1.29 is 5.11 Å². The number of hydrogen-bond acceptors (Lipinski definition) is 1. The van der Waals surface area contributed by atoms with Crippen molar-refractivity contribution in [2.75, 3.05) is 0 Å². The summed E-state index contributed by atoms with van der Waals surface area (Å²) in [5, 5.41) is 12.5. The first-order chi connectivity index (χ1) is 7.65. The maximum absolute atomic E-state index is 9.81. The van der Waals surface area contributed by atoms with Gasteiger partial charge in [0.1, 0.15) is 5.75 Å². The van der Waals surface area contributed by atoms with Gasteiger partial charge in [0.2, 0.25) is 0 Å². The highest BCUT2D eigenvalue weighted by Crippen LogP contribution is 2.39. The number of halogens is 1. The Bertz CT molecular complexity index is 519. The first-order valence-electron chi connectivity index (χ1n) is 5.55. The highest BCUT2D eigenvalue weighted by Gasteiger charge is 2.15. The van der Waals surface area contributed by atoms with Crippen LogP contribution in [-0.2, 0) is 0 Å². The molecule has 2 rings (SSSR count). The van der Waals surface area contributed by atoms with Crippen LogP contribution in [0.1, 0.15) is 31.7 Å². The van der Waals surface area contributed by atoms with Gasteiger partial charge in [-0.1, -0.05) is 49.7 Å². The van der Waals surface area contributed by atoms with E-state index in [1.165, 1.54) is 0 Å². The molecule has 0 heterocycles. The molecule has 0 aromatic heterocycles. The van der Waals surface area contributed by atoms with E-state index < -0.39 is 0 Å². The van der Waals surface area contributed by atoms with E-state index in [-0.39, 0.29) is 5.75 Å². The van der Waals surface area contributed by atoms with E-state index >= 15 is 0 Å². The monoisotopic (exact) mass is 234 g/mol. The van der Waals surface area contributed by atoms with Gasteiger partial charge in [-0.15, -0.1) is 0 Å². The lowest BCUT2D eigenvalue weighted by Crippen LogP contribution is -1.95. The molecule has 0 amide bonds. The fourth-order valence-electron chi connectivity index (χ4n) is 2.02. The summed E-state index contributed by atoms with van der Waals surface area (Å²) in [4.78, 5) is 0. The highest BCUT2D eigenvalue weighted by atomic mass is 35.5. The van der Waals surface area contributed by atoms with Crippen LogP contribution in [0.3, 0.4) is 0 Å². The summed E-state index contributed by atoms with van der Waals surface area (Å²) in [6, 6.07) is 9.75. The lowest BCUT2D eigenvalue weighted by atomic mass is 9.92. The van der Waals surface area contributed by atoms with Crippen LogP contribution in [0.2, 0.25) is 5.02 Å². The zero-order valence-corrected chi connectivity index (χ0v) is 10.3.